The van der Waals surface area contributed by atoms with Crippen molar-refractivity contribution in [2.24, 2.45) is 0 Å². The standard InChI is InChI=1S/C16H13ClN2O2S2/c1-11-2-8-14(9-3-11)23(20,21)16-18-15(19-22-16)10-12-4-6-13(17)7-5-12/h2-9H,10H2,1H3. The van der Waals surface area contributed by atoms with Crippen molar-refractivity contribution in [3.8, 4) is 0 Å². The lowest BCUT2D eigenvalue weighted by Crippen LogP contribution is -2.02. The highest BCUT2D eigenvalue weighted by Crippen LogP contribution is 2.23. The number of benzene rings is 2. The van der Waals surface area contributed by atoms with Crippen LogP contribution in [-0.4, -0.2) is 17.8 Å². The number of rotatable bonds is 4. The third-order valence-electron chi connectivity index (χ3n) is 3.29. The van der Waals surface area contributed by atoms with Gasteiger partial charge < -0.3 is 0 Å². The Morgan fingerprint density at radius 3 is 2.35 bits per heavy atom. The largest absolute Gasteiger partial charge is 0.235 e. The van der Waals surface area contributed by atoms with Gasteiger partial charge in [-0.15, -0.1) is 0 Å². The van der Waals surface area contributed by atoms with Gasteiger partial charge in [-0.2, -0.15) is 4.37 Å². The molecule has 0 spiro atoms. The van der Waals surface area contributed by atoms with Crippen LogP contribution in [-0.2, 0) is 16.3 Å². The third-order valence-corrected chi connectivity index (χ3v) is 6.41. The Kier molecular flexibility index (Phi) is 4.48. The molecule has 0 saturated heterocycles. The first kappa shape index (κ1) is 16.1. The number of aromatic nitrogens is 2. The van der Waals surface area contributed by atoms with Crippen LogP contribution < -0.4 is 0 Å². The Balaban J connectivity index is 1.86. The lowest BCUT2D eigenvalue weighted by atomic mass is 10.1. The van der Waals surface area contributed by atoms with Gasteiger partial charge in [-0.3, -0.25) is 0 Å². The van der Waals surface area contributed by atoms with E-state index >= 15 is 0 Å². The van der Waals surface area contributed by atoms with E-state index in [9.17, 15) is 8.42 Å². The molecule has 0 atom stereocenters. The summed E-state index contributed by atoms with van der Waals surface area (Å²) in [4.78, 5) is 4.42. The number of hydrogen-bond acceptors (Lipinski definition) is 5. The second-order valence-electron chi connectivity index (χ2n) is 5.10. The molecule has 0 bridgehead atoms. The molecule has 0 aliphatic carbocycles. The van der Waals surface area contributed by atoms with Crippen molar-refractivity contribution in [2.75, 3.05) is 0 Å². The van der Waals surface area contributed by atoms with Crippen LogP contribution in [0.15, 0.2) is 57.8 Å². The third kappa shape index (κ3) is 3.60. The van der Waals surface area contributed by atoms with Gasteiger partial charge in [-0.05, 0) is 48.3 Å². The first-order valence-electron chi connectivity index (χ1n) is 6.84. The summed E-state index contributed by atoms with van der Waals surface area (Å²) in [5.74, 6) is 0.489. The maximum Gasteiger partial charge on any atom is 0.235 e. The monoisotopic (exact) mass is 364 g/mol. The zero-order valence-corrected chi connectivity index (χ0v) is 14.6. The van der Waals surface area contributed by atoms with Crippen molar-refractivity contribution < 1.29 is 8.42 Å². The smallest absolute Gasteiger partial charge is 0.216 e. The number of hydrogen-bond donors (Lipinski definition) is 0. The van der Waals surface area contributed by atoms with Gasteiger partial charge in [-0.25, -0.2) is 13.4 Å². The van der Waals surface area contributed by atoms with Gasteiger partial charge >= 0.3 is 0 Å². The average Bonchev–Trinajstić information content (AvgIpc) is 2.99. The van der Waals surface area contributed by atoms with Gasteiger partial charge in [0.2, 0.25) is 14.2 Å². The molecule has 0 aliphatic rings. The van der Waals surface area contributed by atoms with E-state index in [0.717, 1.165) is 22.7 Å². The van der Waals surface area contributed by atoms with Gasteiger partial charge in [0.15, 0.2) is 0 Å². The molecule has 0 fully saturated rings. The minimum Gasteiger partial charge on any atom is -0.216 e. The topological polar surface area (TPSA) is 59.9 Å². The molecule has 7 heteroatoms. The molecule has 3 rings (SSSR count). The normalized spacial score (nSPS) is 11.6. The summed E-state index contributed by atoms with van der Waals surface area (Å²) in [5, 5.41) is 0.655. The predicted octanol–water partition coefficient (Wildman–Crippen LogP) is 3.92. The van der Waals surface area contributed by atoms with E-state index in [1.165, 1.54) is 0 Å². The molecule has 4 nitrogen and oxygen atoms in total. The molecule has 0 saturated carbocycles. The first-order chi connectivity index (χ1) is 10.9. The van der Waals surface area contributed by atoms with Crippen molar-refractivity contribution in [3.63, 3.8) is 0 Å². The minimum absolute atomic E-state index is 0.0188. The van der Waals surface area contributed by atoms with E-state index in [-0.39, 0.29) is 9.24 Å². The Morgan fingerprint density at radius 2 is 1.70 bits per heavy atom. The molecule has 2 aromatic carbocycles. The lowest BCUT2D eigenvalue weighted by Gasteiger charge is -2.00. The minimum atomic E-state index is -3.61. The Labute approximate surface area is 143 Å². The molecule has 0 radical (unpaired) electrons. The van der Waals surface area contributed by atoms with Gasteiger partial charge in [0.25, 0.3) is 0 Å². The Bertz CT molecular complexity index is 917. The fourth-order valence-corrected chi connectivity index (χ4v) is 4.30. The highest BCUT2D eigenvalue weighted by atomic mass is 35.5. The van der Waals surface area contributed by atoms with Crippen LogP contribution in [0.4, 0.5) is 0 Å². The maximum absolute atomic E-state index is 12.5. The number of nitrogens with zero attached hydrogens (tertiary/aromatic N) is 2. The number of halogens is 1. The van der Waals surface area contributed by atoms with Crippen molar-refractivity contribution in [1.29, 1.82) is 0 Å². The molecular weight excluding hydrogens is 352 g/mol. The molecular formula is C16H13ClN2O2S2. The molecule has 0 N–H and O–H groups in total. The van der Waals surface area contributed by atoms with E-state index in [4.69, 9.17) is 11.6 Å². The molecule has 0 amide bonds. The maximum atomic E-state index is 12.5. The van der Waals surface area contributed by atoms with E-state index in [1.54, 1.807) is 36.4 Å². The first-order valence-corrected chi connectivity index (χ1v) is 9.47. The summed E-state index contributed by atoms with van der Waals surface area (Å²) in [5.41, 5.74) is 1.98. The van der Waals surface area contributed by atoms with E-state index in [2.05, 4.69) is 9.36 Å². The van der Waals surface area contributed by atoms with E-state index in [0.29, 0.717) is 17.3 Å². The van der Waals surface area contributed by atoms with Gasteiger partial charge in [0, 0.05) is 11.4 Å². The van der Waals surface area contributed by atoms with Crippen LogP contribution in [0.1, 0.15) is 17.0 Å². The van der Waals surface area contributed by atoms with Crippen LogP contribution in [0.3, 0.4) is 0 Å². The second kappa shape index (κ2) is 6.39. The summed E-state index contributed by atoms with van der Waals surface area (Å²) in [6.07, 6.45) is 0.469. The summed E-state index contributed by atoms with van der Waals surface area (Å²) < 4.78 is 29.3. The molecule has 1 aromatic heterocycles. The molecule has 118 valence electrons. The van der Waals surface area contributed by atoms with Gasteiger partial charge in [0.1, 0.15) is 5.82 Å². The quantitative estimate of drug-likeness (QED) is 0.703. The highest BCUT2D eigenvalue weighted by molar-refractivity contribution is 7.93. The van der Waals surface area contributed by atoms with Crippen molar-refractivity contribution in [3.05, 3.63) is 70.5 Å². The van der Waals surface area contributed by atoms with E-state index < -0.39 is 9.84 Å². The lowest BCUT2D eigenvalue weighted by molar-refractivity contribution is 0.595. The van der Waals surface area contributed by atoms with Gasteiger partial charge in [0.05, 0.1) is 4.90 Å². The zero-order chi connectivity index (χ0) is 16.4. The van der Waals surface area contributed by atoms with Crippen molar-refractivity contribution in [1.82, 2.24) is 9.36 Å². The molecule has 1 heterocycles. The SMILES string of the molecule is Cc1ccc(S(=O)(=O)c2nc(Cc3ccc(Cl)cc3)ns2)cc1. The second-order valence-corrected chi connectivity index (χ2v) is 8.41. The Hall–Kier alpha value is -1.76. The van der Waals surface area contributed by atoms with Crippen molar-refractivity contribution in [2.45, 2.75) is 22.6 Å². The van der Waals surface area contributed by atoms with E-state index in [1.807, 2.05) is 19.1 Å². The molecule has 0 aliphatic heterocycles. The van der Waals surface area contributed by atoms with Crippen LogP contribution in [0.5, 0.6) is 0 Å². The Morgan fingerprint density at radius 1 is 1.04 bits per heavy atom. The fraction of sp³-hybridized carbons (Fsp3) is 0.125. The summed E-state index contributed by atoms with van der Waals surface area (Å²) in [7, 11) is -3.61. The molecule has 0 unspecified atom stereocenters. The van der Waals surface area contributed by atoms with Crippen LogP contribution in [0.25, 0.3) is 0 Å². The number of aryl methyl sites for hydroxylation is 1. The van der Waals surface area contributed by atoms with Crippen LogP contribution in [0, 0.1) is 6.92 Å². The van der Waals surface area contributed by atoms with Gasteiger partial charge in [-0.1, -0.05) is 41.4 Å². The average molecular weight is 365 g/mol. The van der Waals surface area contributed by atoms with Crippen LogP contribution in [0.2, 0.25) is 5.02 Å². The van der Waals surface area contributed by atoms with Crippen LogP contribution >= 0.6 is 23.1 Å². The van der Waals surface area contributed by atoms with Crippen molar-refractivity contribution >= 4 is 33.0 Å². The summed E-state index contributed by atoms with van der Waals surface area (Å²) in [6.45, 7) is 1.91. The molecule has 23 heavy (non-hydrogen) atoms. The molecule has 3 aromatic rings. The predicted molar refractivity (Wildman–Crippen MR) is 90.8 cm³/mol. The fourth-order valence-electron chi connectivity index (χ4n) is 2.02. The summed E-state index contributed by atoms with van der Waals surface area (Å²) >= 11 is 6.75. The number of sulfone groups is 1. The zero-order valence-electron chi connectivity index (χ0n) is 12.2. The summed E-state index contributed by atoms with van der Waals surface area (Å²) in [6, 6.07) is 14.0. The highest BCUT2D eigenvalue weighted by Gasteiger charge is 2.22.